The van der Waals surface area contributed by atoms with Gasteiger partial charge in [0.15, 0.2) is 0 Å². The van der Waals surface area contributed by atoms with Gasteiger partial charge in [-0.1, -0.05) is 32.6 Å². The Hall–Kier alpha value is -0.530. The van der Waals surface area contributed by atoms with Crippen molar-refractivity contribution in [2.75, 3.05) is 6.61 Å². The molecule has 1 aliphatic rings. The standard InChI is InChI=1S/C12H21O2/c1-2-3-4-5-8-11-9-6-7-10-14-12(11)13/h2-10H2,1H3. The number of carbonyl (C=O) groups is 1. The van der Waals surface area contributed by atoms with Gasteiger partial charge in [0.05, 0.1) is 12.5 Å². The van der Waals surface area contributed by atoms with Gasteiger partial charge in [0.2, 0.25) is 0 Å². The first-order valence-electron chi connectivity index (χ1n) is 5.86. The van der Waals surface area contributed by atoms with Gasteiger partial charge in [-0.3, -0.25) is 4.79 Å². The molecule has 1 heterocycles. The van der Waals surface area contributed by atoms with Crippen LogP contribution in [-0.4, -0.2) is 12.6 Å². The van der Waals surface area contributed by atoms with Gasteiger partial charge in [-0.05, 0) is 25.7 Å². The first-order valence-corrected chi connectivity index (χ1v) is 5.86. The van der Waals surface area contributed by atoms with Gasteiger partial charge >= 0.3 is 5.97 Å². The quantitative estimate of drug-likeness (QED) is 0.499. The van der Waals surface area contributed by atoms with E-state index in [1.165, 1.54) is 19.3 Å². The van der Waals surface area contributed by atoms with E-state index in [1.54, 1.807) is 0 Å². The van der Waals surface area contributed by atoms with Crippen molar-refractivity contribution >= 4 is 5.97 Å². The van der Waals surface area contributed by atoms with E-state index in [0.717, 1.165) is 38.0 Å². The number of carbonyl (C=O) groups excluding carboxylic acids is 1. The average Bonchev–Trinajstić information content (AvgIpc) is 2.39. The summed E-state index contributed by atoms with van der Waals surface area (Å²) in [4.78, 5) is 11.4. The van der Waals surface area contributed by atoms with E-state index in [-0.39, 0.29) is 5.97 Å². The first-order chi connectivity index (χ1) is 6.84. The van der Waals surface area contributed by atoms with E-state index in [0.29, 0.717) is 6.61 Å². The lowest BCUT2D eigenvalue weighted by atomic mass is 9.96. The van der Waals surface area contributed by atoms with E-state index >= 15 is 0 Å². The molecule has 81 valence electrons. The Bertz CT molecular complexity index is 166. The second kappa shape index (κ2) is 6.86. The smallest absolute Gasteiger partial charge is 0.313 e. The van der Waals surface area contributed by atoms with Crippen molar-refractivity contribution in [3.8, 4) is 0 Å². The second-order valence-corrected chi connectivity index (χ2v) is 4.01. The molecular formula is C12H21O2. The number of unbranched alkanes of at least 4 members (excludes halogenated alkanes) is 3. The summed E-state index contributed by atoms with van der Waals surface area (Å²) in [6, 6.07) is 0. The van der Waals surface area contributed by atoms with Crippen LogP contribution in [0, 0.1) is 5.92 Å². The maximum atomic E-state index is 11.4. The molecule has 0 N–H and O–H groups in total. The van der Waals surface area contributed by atoms with Gasteiger partial charge in [-0.25, -0.2) is 0 Å². The number of cyclic esters (lactones) is 1. The molecule has 1 rings (SSSR count). The highest BCUT2D eigenvalue weighted by molar-refractivity contribution is 5.84. The van der Waals surface area contributed by atoms with E-state index in [9.17, 15) is 4.79 Å². The van der Waals surface area contributed by atoms with Crippen molar-refractivity contribution in [3.05, 3.63) is 5.92 Å². The zero-order chi connectivity index (χ0) is 10.2. The third kappa shape index (κ3) is 4.12. The highest BCUT2D eigenvalue weighted by Crippen LogP contribution is 2.23. The normalized spacial score (nSPS) is 19.1. The summed E-state index contributed by atoms with van der Waals surface area (Å²) < 4.78 is 5.10. The van der Waals surface area contributed by atoms with E-state index in [2.05, 4.69) is 6.92 Å². The van der Waals surface area contributed by atoms with Crippen molar-refractivity contribution in [1.29, 1.82) is 0 Å². The van der Waals surface area contributed by atoms with E-state index in [1.807, 2.05) is 0 Å². The Morgan fingerprint density at radius 3 is 2.86 bits per heavy atom. The van der Waals surface area contributed by atoms with Crippen LogP contribution in [0.3, 0.4) is 0 Å². The van der Waals surface area contributed by atoms with Crippen LogP contribution in [0.4, 0.5) is 0 Å². The molecular weight excluding hydrogens is 176 g/mol. The van der Waals surface area contributed by atoms with Crippen LogP contribution in [0.15, 0.2) is 0 Å². The van der Waals surface area contributed by atoms with Gasteiger partial charge in [0.1, 0.15) is 0 Å². The molecule has 14 heavy (non-hydrogen) atoms. The lowest BCUT2D eigenvalue weighted by Crippen LogP contribution is -2.13. The number of ether oxygens (including phenoxy) is 1. The fourth-order valence-corrected chi connectivity index (χ4v) is 1.80. The minimum absolute atomic E-state index is 0.0287. The zero-order valence-electron chi connectivity index (χ0n) is 9.18. The van der Waals surface area contributed by atoms with Crippen LogP contribution in [0.5, 0.6) is 0 Å². The van der Waals surface area contributed by atoms with Gasteiger partial charge in [-0.2, -0.15) is 0 Å². The van der Waals surface area contributed by atoms with E-state index < -0.39 is 0 Å². The third-order valence-corrected chi connectivity index (χ3v) is 2.73. The second-order valence-electron chi connectivity index (χ2n) is 4.01. The van der Waals surface area contributed by atoms with Crippen molar-refractivity contribution in [1.82, 2.24) is 0 Å². The minimum atomic E-state index is -0.0287. The predicted octanol–water partition coefficient (Wildman–Crippen LogP) is 3.26. The van der Waals surface area contributed by atoms with Crippen LogP contribution < -0.4 is 0 Å². The Balaban J connectivity index is 2.16. The maximum absolute atomic E-state index is 11.4. The van der Waals surface area contributed by atoms with Crippen LogP contribution in [0.2, 0.25) is 0 Å². The number of esters is 1. The Morgan fingerprint density at radius 2 is 2.07 bits per heavy atom. The molecule has 0 saturated carbocycles. The molecule has 0 aromatic heterocycles. The lowest BCUT2D eigenvalue weighted by molar-refractivity contribution is -0.141. The molecule has 1 saturated heterocycles. The molecule has 0 aromatic carbocycles. The highest BCUT2D eigenvalue weighted by Gasteiger charge is 2.22. The monoisotopic (exact) mass is 197 g/mol. The molecule has 0 aliphatic carbocycles. The molecule has 1 radical (unpaired) electrons. The van der Waals surface area contributed by atoms with Crippen LogP contribution in [0.1, 0.15) is 58.3 Å². The summed E-state index contributed by atoms with van der Waals surface area (Å²) in [5.74, 6) is 0.998. The number of hydrogen-bond donors (Lipinski definition) is 0. The molecule has 2 heteroatoms. The fraction of sp³-hybridized carbons (Fsp3) is 0.833. The topological polar surface area (TPSA) is 26.3 Å². The highest BCUT2D eigenvalue weighted by atomic mass is 16.5. The maximum Gasteiger partial charge on any atom is 0.313 e. The fourth-order valence-electron chi connectivity index (χ4n) is 1.80. The molecule has 0 amide bonds. The van der Waals surface area contributed by atoms with Crippen molar-refractivity contribution < 1.29 is 9.53 Å². The molecule has 2 nitrogen and oxygen atoms in total. The molecule has 0 spiro atoms. The molecule has 0 unspecified atom stereocenters. The molecule has 0 aromatic rings. The Kier molecular flexibility index (Phi) is 5.65. The molecule has 1 fully saturated rings. The van der Waals surface area contributed by atoms with Crippen molar-refractivity contribution in [3.63, 3.8) is 0 Å². The summed E-state index contributed by atoms with van der Waals surface area (Å²) in [7, 11) is 0. The summed E-state index contributed by atoms with van der Waals surface area (Å²) in [6.45, 7) is 2.82. The van der Waals surface area contributed by atoms with Crippen LogP contribution in [-0.2, 0) is 9.53 Å². The van der Waals surface area contributed by atoms with Gasteiger partial charge < -0.3 is 4.74 Å². The van der Waals surface area contributed by atoms with Gasteiger partial charge in [0.25, 0.3) is 0 Å². The minimum Gasteiger partial charge on any atom is -0.465 e. The summed E-state index contributed by atoms with van der Waals surface area (Å²) in [5, 5.41) is 0. The SMILES string of the molecule is CCCCCC[C]1CCCCOC1=O. The third-order valence-electron chi connectivity index (χ3n) is 2.73. The first kappa shape index (κ1) is 11.5. The summed E-state index contributed by atoms with van der Waals surface area (Å²) in [5.41, 5.74) is 0. The Labute approximate surface area is 87.0 Å². The van der Waals surface area contributed by atoms with E-state index in [4.69, 9.17) is 4.74 Å². The van der Waals surface area contributed by atoms with Crippen molar-refractivity contribution in [2.45, 2.75) is 58.3 Å². The number of hydrogen-bond acceptors (Lipinski definition) is 2. The summed E-state index contributed by atoms with van der Waals surface area (Å²) in [6.07, 6.45) is 9.00. The van der Waals surface area contributed by atoms with Crippen LogP contribution >= 0.6 is 0 Å². The number of rotatable bonds is 5. The zero-order valence-corrected chi connectivity index (χ0v) is 9.18. The predicted molar refractivity (Wildman–Crippen MR) is 56.8 cm³/mol. The molecule has 0 bridgehead atoms. The molecule has 0 atom stereocenters. The van der Waals surface area contributed by atoms with Gasteiger partial charge in [-0.15, -0.1) is 0 Å². The van der Waals surface area contributed by atoms with Crippen molar-refractivity contribution in [2.24, 2.45) is 0 Å². The van der Waals surface area contributed by atoms with Gasteiger partial charge in [0, 0.05) is 0 Å². The van der Waals surface area contributed by atoms with Crippen LogP contribution in [0.25, 0.3) is 0 Å². The lowest BCUT2D eigenvalue weighted by Gasteiger charge is -2.10. The average molecular weight is 197 g/mol. The molecule has 1 aliphatic heterocycles. The largest absolute Gasteiger partial charge is 0.465 e. The summed E-state index contributed by atoms with van der Waals surface area (Å²) >= 11 is 0. The Morgan fingerprint density at radius 1 is 1.21 bits per heavy atom.